The quantitative estimate of drug-likeness (QED) is 0.674. The van der Waals surface area contributed by atoms with Crippen LogP contribution in [0.1, 0.15) is 32.1 Å². The largest absolute Gasteiger partial charge is 0.445 e. The predicted octanol–water partition coefficient (Wildman–Crippen LogP) is 3.74. The summed E-state index contributed by atoms with van der Waals surface area (Å²) in [5.74, 6) is -0.0450. The fourth-order valence-corrected chi connectivity index (χ4v) is 1.89. The van der Waals surface area contributed by atoms with Gasteiger partial charge in [-0.2, -0.15) is 5.26 Å². The van der Waals surface area contributed by atoms with E-state index in [-0.39, 0.29) is 17.0 Å². The number of nitrogens with zero attached hydrogens (tertiary/aromatic N) is 1. The van der Waals surface area contributed by atoms with Crippen molar-refractivity contribution in [1.82, 2.24) is 0 Å². The van der Waals surface area contributed by atoms with Gasteiger partial charge in [0.05, 0.1) is 0 Å². The van der Waals surface area contributed by atoms with Gasteiger partial charge in [0.25, 0.3) is 0 Å². The Morgan fingerprint density at radius 2 is 2.00 bits per heavy atom. The number of benzene rings is 1. The minimum atomic E-state index is -0.316. The van der Waals surface area contributed by atoms with Crippen molar-refractivity contribution in [2.24, 2.45) is 0 Å². The van der Waals surface area contributed by atoms with Crippen molar-refractivity contribution in [2.75, 3.05) is 0 Å². The molecule has 0 unspecified atom stereocenters. The van der Waals surface area contributed by atoms with Crippen LogP contribution in [0.15, 0.2) is 22.6 Å². The summed E-state index contributed by atoms with van der Waals surface area (Å²) in [4.78, 5) is 0. The summed E-state index contributed by atoms with van der Waals surface area (Å²) in [6.45, 7) is 5.93. The Morgan fingerprint density at radius 3 is 2.56 bits per heavy atom. The monoisotopic (exact) mass is 217 g/mol. The van der Waals surface area contributed by atoms with Crippen LogP contribution >= 0.6 is 0 Å². The molecule has 1 aromatic carbocycles. The van der Waals surface area contributed by atoms with E-state index in [4.69, 9.17) is 9.68 Å². The van der Waals surface area contributed by atoms with E-state index in [1.165, 1.54) is 12.1 Å². The van der Waals surface area contributed by atoms with Crippen molar-refractivity contribution in [3.8, 4) is 6.07 Å². The molecule has 0 atom stereocenters. The lowest BCUT2D eigenvalue weighted by atomic mass is 9.85. The highest BCUT2D eigenvalue weighted by Gasteiger charge is 2.25. The summed E-state index contributed by atoms with van der Waals surface area (Å²) in [6.07, 6.45) is 0. The van der Waals surface area contributed by atoms with Crippen molar-refractivity contribution in [3.05, 3.63) is 35.3 Å². The van der Waals surface area contributed by atoms with E-state index in [9.17, 15) is 4.39 Å². The fourth-order valence-electron chi connectivity index (χ4n) is 1.89. The molecule has 3 heteroatoms. The molecular weight excluding hydrogens is 205 g/mol. The molecule has 0 aliphatic rings. The van der Waals surface area contributed by atoms with Crippen LogP contribution in [0.5, 0.6) is 0 Å². The Kier molecular flexibility index (Phi) is 2.23. The van der Waals surface area contributed by atoms with Crippen LogP contribution < -0.4 is 0 Å². The number of rotatable bonds is 0. The molecule has 0 aliphatic heterocycles. The maximum absolute atomic E-state index is 13.2. The number of hydrogen-bond donors (Lipinski definition) is 0. The minimum absolute atomic E-state index is 0.246. The van der Waals surface area contributed by atoms with Crippen LogP contribution in [0.2, 0.25) is 0 Å². The molecule has 0 saturated heterocycles. The zero-order valence-electron chi connectivity index (χ0n) is 9.47. The van der Waals surface area contributed by atoms with Crippen LogP contribution in [-0.2, 0) is 5.41 Å². The topological polar surface area (TPSA) is 36.9 Å². The lowest BCUT2D eigenvalue weighted by Crippen LogP contribution is -2.12. The maximum Gasteiger partial charge on any atom is 0.208 e. The molecule has 0 amide bonds. The summed E-state index contributed by atoms with van der Waals surface area (Å²) in [5, 5.41) is 9.70. The molecule has 2 rings (SSSR count). The Bertz CT molecular complexity index is 584. The van der Waals surface area contributed by atoms with Gasteiger partial charge in [-0.15, -0.1) is 0 Å². The summed E-state index contributed by atoms with van der Waals surface area (Å²) in [5.41, 5.74) is 1.08. The Balaban J connectivity index is 2.88. The zero-order chi connectivity index (χ0) is 11.9. The molecule has 0 spiro atoms. The lowest BCUT2D eigenvalue weighted by molar-refractivity contribution is 0.546. The molecule has 0 aliphatic carbocycles. The second-order valence-electron chi connectivity index (χ2n) is 4.81. The molecule has 2 aromatic rings. The third kappa shape index (κ3) is 1.57. The molecule has 16 heavy (non-hydrogen) atoms. The highest BCUT2D eigenvalue weighted by Crippen LogP contribution is 2.35. The molecule has 1 aromatic heterocycles. The van der Waals surface area contributed by atoms with Gasteiger partial charge in [0, 0.05) is 10.9 Å². The summed E-state index contributed by atoms with van der Waals surface area (Å²) < 4.78 is 18.6. The highest BCUT2D eigenvalue weighted by molar-refractivity contribution is 5.84. The van der Waals surface area contributed by atoms with Crippen molar-refractivity contribution in [2.45, 2.75) is 26.2 Å². The van der Waals surface area contributed by atoms with Crippen molar-refractivity contribution < 1.29 is 8.81 Å². The van der Waals surface area contributed by atoms with E-state index in [1.807, 2.05) is 26.8 Å². The molecule has 0 fully saturated rings. The third-order valence-corrected chi connectivity index (χ3v) is 2.50. The predicted molar refractivity (Wildman–Crippen MR) is 59.6 cm³/mol. The number of halogens is 1. The SMILES string of the molecule is CC(C)(C)c1c(C#N)oc2ccc(F)cc12. The van der Waals surface area contributed by atoms with Crippen molar-refractivity contribution in [1.29, 1.82) is 5.26 Å². The first kappa shape index (κ1) is 10.7. The van der Waals surface area contributed by atoms with Crippen LogP contribution in [0, 0.1) is 17.1 Å². The Labute approximate surface area is 93.3 Å². The van der Waals surface area contributed by atoms with Gasteiger partial charge in [0.1, 0.15) is 17.5 Å². The van der Waals surface area contributed by atoms with E-state index < -0.39 is 0 Å². The van der Waals surface area contributed by atoms with Crippen LogP contribution in [0.4, 0.5) is 4.39 Å². The molecule has 0 N–H and O–H groups in total. The molecule has 2 nitrogen and oxygen atoms in total. The first-order valence-corrected chi connectivity index (χ1v) is 5.06. The summed E-state index contributed by atoms with van der Waals surface area (Å²) in [6, 6.07) is 6.33. The third-order valence-electron chi connectivity index (χ3n) is 2.50. The average Bonchev–Trinajstić information content (AvgIpc) is 2.54. The lowest BCUT2D eigenvalue weighted by Gasteiger charge is -2.17. The first-order valence-electron chi connectivity index (χ1n) is 5.06. The van der Waals surface area contributed by atoms with Gasteiger partial charge < -0.3 is 4.42 Å². The van der Waals surface area contributed by atoms with Crippen molar-refractivity contribution in [3.63, 3.8) is 0 Å². The number of fused-ring (bicyclic) bond motifs is 1. The molecule has 1 heterocycles. The number of hydrogen-bond acceptors (Lipinski definition) is 2. The van der Waals surface area contributed by atoms with Gasteiger partial charge >= 0.3 is 0 Å². The number of nitriles is 1. The van der Waals surface area contributed by atoms with Gasteiger partial charge in [-0.1, -0.05) is 20.8 Å². The molecule has 0 radical (unpaired) electrons. The van der Waals surface area contributed by atoms with Gasteiger partial charge in [-0.05, 0) is 23.6 Å². The Morgan fingerprint density at radius 1 is 1.31 bits per heavy atom. The molecule has 0 saturated carbocycles. The fraction of sp³-hybridized carbons (Fsp3) is 0.308. The summed E-state index contributed by atoms with van der Waals surface area (Å²) in [7, 11) is 0. The maximum atomic E-state index is 13.2. The summed E-state index contributed by atoms with van der Waals surface area (Å²) >= 11 is 0. The van der Waals surface area contributed by atoms with Gasteiger partial charge in [0.2, 0.25) is 5.76 Å². The first-order chi connectivity index (χ1) is 7.43. The minimum Gasteiger partial charge on any atom is -0.445 e. The van der Waals surface area contributed by atoms with Gasteiger partial charge in [-0.3, -0.25) is 0 Å². The van der Waals surface area contributed by atoms with E-state index in [1.54, 1.807) is 6.07 Å². The van der Waals surface area contributed by atoms with Crippen LogP contribution in [-0.4, -0.2) is 0 Å². The van der Waals surface area contributed by atoms with E-state index in [0.717, 1.165) is 5.56 Å². The molecule has 0 bridgehead atoms. The van der Waals surface area contributed by atoms with E-state index in [2.05, 4.69) is 0 Å². The van der Waals surface area contributed by atoms with Gasteiger partial charge in [0.15, 0.2) is 0 Å². The highest BCUT2D eigenvalue weighted by atomic mass is 19.1. The van der Waals surface area contributed by atoms with Crippen LogP contribution in [0.25, 0.3) is 11.0 Å². The van der Waals surface area contributed by atoms with Crippen molar-refractivity contribution >= 4 is 11.0 Å². The Hall–Kier alpha value is -1.82. The van der Waals surface area contributed by atoms with Crippen LogP contribution in [0.3, 0.4) is 0 Å². The second-order valence-corrected chi connectivity index (χ2v) is 4.81. The molecular formula is C13H12FNO. The second kappa shape index (κ2) is 3.34. The number of furan rings is 1. The van der Waals surface area contributed by atoms with Gasteiger partial charge in [-0.25, -0.2) is 4.39 Å². The smallest absolute Gasteiger partial charge is 0.208 e. The van der Waals surface area contributed by atoms with E-state index in [0.29, 0.717) is 11.0 Å². The molecule has 82 valence electrons. The normalized spacial score (nSPS) is 11.7. The standard InChI is InChI=1S/C13H12FNO/c1-13(2,3)12-9-6-8(14)4-5-10(9)16-11(12)7-15/h4-6H,1-3H3. The van der Waals surface area contributed by atoms with E-state index >= 15 is 0 Å². The zero-order valence-corrected chi connectivity index (χ0v) is 9.47. The average molecular weight is 217 g/mol.